The molecule has 0 aliphatic rings. The first kappa shape index (κ1) is 24.8. The highest BCUT2D eigenvalue weighted by atomic mass is 16.5. The summed E-state index contributed by atoms with van der Waals surface area (Å²) in [6.45, 7) is 5.10. The largest absolute Gasteiger partial charge is 0.502 e. The number of ether oxygens (including phenoxy) is 3. The van der Waals surface area contributed by atoms with Crippen molar-refractivity contribution in [3.8, 4) is 17.2 Å². The van der Waals surface area contributed by atoms with Gasteiger partial charge in [0, 0.05) is 6.07 Å². The van der Waals surface area contributed by atoms with Gasteiger partial charge in [-0.2, -0.15) is 0 Å². The zero-order valence-corrected chi connectivity index (χ0v) is 19.4. The van der Waals surface area contributed by atoms with Crippen LogP contribution in [0, 0.1) is 13.8 Å². The lowest BCUT2D eigenvalue weighted by Crippen LogP contribution is -2.15. The number of aliphatic hydroxyl groups excluding tert-OH is 1. The summed E-state index contributed by atoms with van der Waals surface area (Å²) in [5, 5.41) is 23.7. The molecular weight excluding hydrogens is 446 g/mol. The fourth-order valence-corrected chi connectivity index (χ4v) is 3.50. The van der Waals surface area contributed by atoms with E-state index >= 15 is 0 Å². The van der Waals surface area contributed by atoms with Crippen LogP contribution in [0.3, 0.4) is 0 Å². The maximum Gasteiger partial charge on any atom is 0.306 e. The van der Waals surface area contributed by atoms with Crippen LogP contribution >= 0.6 is 0 Å². The van der Waals surface area contributed by atoms with Crippen molar-refractivity contribution in [2.24, 2.45) is 0 Å². The number of carbonyl (C=O) groups is 1. The van der Waals surface area contributed by atoms with Gasteiger partial charge in [-0.05, 0) is 38.5 Å². The Balaban J connectivity index is 2.00. The molecule has 1 atom stereocenters. The quantitative estimate of drug-likeness (QED) is 0.422. The number of aryl methyl sites for hydroxylation is 2. The highest BCUT2D eigenvalue weighted by molar-refractivity contribution is 5.71. The van der Waals surface area contributed by atoms with E-state index in [0.717, 1.165) is 17.3 Å². The van der Waals surface area contributed by atoms with Gasteiger partial charge >= 0.3 is 5.97 Å². The molecular formula is C24H27NO9. The molecule has 0 bridgehead atoms. The number of esters is 1. The van der Waals surface area contributed by atoms with E-state index in [1.807, 2.05) is 6.92 Å². The van der Waals surface area contributed by atoms with E-state index in [0.29, 0.717) is 22.8 Å². The van der Waals surface area contributed by atoms with Crippen LogP contribution in [0.15, 0.2) is 38.0 Å². The van der Waals surface area contributed by atoms with Crippen molar-refractivity contribution in [1.82, 2.24) is 5.16 Å². The molecule has 1 aromatic carbocycles. The topological polar surface area (TPSA) is 141 Å². The van der Waals surface area contributed by atoms with Crippen molar-refractivity contribution in [2.45, 2.75) is 46.3 Å². The molecule has 34 heavy (non-hydrogen) atoms. The second-order valence-electron chi connectivity index (χ2n) is 7.51. The summed E-state index contributed by atoms with van der Waals surface area (Å²) in [5.74, 6) is -0.852. The molecule has 0 radical (unpaired) electrons. The Morgan fingerprint density at radius 2 is 1.97 bits per heavy atom. The van der Waals surface area contributed by atoms with Crippen LogP contribution in [0.2, 0.25) is 0 Å². The maximum atomic E-state index is 12.3. The first-order chi connectivity index (χ1) is 16.3. The SMILES string of the molecule is CCOC(=O)CC(c1ccc(OCc2c(C)noc2C)c(OC)c1)c1oc(CO)cc(=O)c1O. The summed E-state index contributed by atoms with van der Waals surface area (Å²) < 4.78 is 27.2. The lowest BCUT2D eigenvalue weighted by Gasteiger charge is -2.19. The van der Waals surface area contributed by atoms with Crippen molar-refractivity contribution >= 4 is 5.97 Å². The van der Waals surface area contributed by atoms with Crippen molar-refractivity contribution < 1.29 is 38.2 Å². The number of hydrogen-bond acceptors (Lipinski definition) is 10. The van der Waals surface area contributed by atoms with E-state index in [4.69, 9.17) is 23.2 Å². The summed E-state index contributed by atoms with van der Waals surface area (Å²) in [4.78, 5) is 24.5. The second-order valence-corrected chi connectivity index (χ2v) is 7.51. The van der Waals surface area contributed by atoms with Gasteiger partial charge in [-0.3, -0.25) is 9.59 Å². The number of methoxy groups -OCH3 is 1. The van der Waals surface area contributed by atoms with Crippen LogP contribution in [0.4, 0.5) is 0 Å². The average molecular weight is 473 g/mol. The van der Waals surface area contributed by atoms with Gasteiger partial charge in [0.25, 0.3) is 0 Å². The third kappa shape index (κ3) is 5.40. The van der Waals surface area contributed by atoms with Gasteiger partial charge in [0.05, 0.1) is 37.3 Å². The Kier molecular flexibility index (Phi) is 7.95. The molecule has 2 heterocycles. The molecule has 0 spiro atoms. The predicted molar refractivity (Wildman–Crippen MR) is 119 cm³/mol. The van der Waals surface area contributed by atoms with Gasteiger partial charge in [0.15, 0.2) is 17.3 Å². The lowest BCUT2D eigenvalue weighted by molar-refractivity contribution is -0.143. The van der Waals surface area contributed by atoms with Gasteiger partial charge in [-0.15, -0.1) is 0 Å². The zero-order valence-electron chi connectivity index (χ0n) is 19.4. The Labute approximate surface area is 195 Å². The molecule has 182 valence electrons. The average Bonchev–Trinajstić information content (AvgIpc) is 3.15. The molecule has 1 unspecified atom stereocenters. The molecule has 3 rings (SSSR count). The van der Waals surface area contributed by atoms with Gasteiger partial charge in [-0.1, -0.05) is 11.2 Å². The smallest absolute Gasteiger partial charge is 0.306 e. The van der Waals surface area contributed by atoms with E-state index in [9.17, 15) is 19.8 Å². The minimum atomic E-state index is -0.885. The highest BCUT2D eigenvalue weighted by Crippen LogP contribution is 2.38. The number of aromatic nitrogens is 1. The van der Waals surface area contributed by atoms with Gasteiger partial charge < -0.3 is 33.4 Å². The predicted octanol–water partition coefficient (Wildman–Crippen LogP) is 3.12. The van der Waals surface area contributed by atoms with Crippen LogP contribution in [-0.4, -0.2) is 35.1 Å². The van der Waals surface area contributed by atoms with Crippen LogP contribution in [0.5, 0.6) is 17.2 Å². The molecule has 0 aliphatic carbocycles. The normalized spacial score (nSPS) is 11.8. The number of hydrogen-bond donors (Lipinski definition) is 2. The molecule has 0 saturated heterocycles. The number of carbonyl (C=O) groups excluding carboxylic acids is 1. The molecule has 0 aliphatic heterocycles. The van der Waals surface area contributed by atoms with Crippen molar-refractivity contribution in [1.29, 1.82) is 0 Å². The minimum Gasteiger partial charge on any atom is -0.502 e. The fraction of sp³-hybridized carbons (Fsp3) is 0.375. The molecule has 2 N–H and O–H groups in total. The second kappa shape index (κ2) is 10.9. The summed E-state index contributed by atoms with van der Waals surface area (Å²) in [6.07, 6.45) is -0.221. The van der Waals surface area contributed by atoms with Crippen molar-refractivity contribution in [3.05, 3.63) is 68.6 Å². The number of nitrogens with zero attached hydrogens (tertiary/aromatic N) is 1. The molecule has 0 fully saturated rings. The maximum absolute atomic E-state index is 12.3. The number of aromatic hydroxyl groups is 1. The number of aliphatic hydroxyl groups is 1. The fourth-order valence-electron chi connectivity index (χ4n) is 3.50. The van der Waals surface area contributed by atoms with Crippen LogP contribution in [0.25, 0.3) is 0 Å². The van der Waals surface area contributed by atoms with Crippen molar-refractivity contribution in [3.63, 3.8) is 0 Å². The van der Waals surface area contributed by atoms with Crippen LogP contribution < -0.4 is 14.9 Å². The number of rotatable bonds is 10. The van der Waals surface area contributed by atoms with E-state index in [2.05, 4.69) is 5.16 Å². The molecule has 10 heteroatoms. The van der Waals surface area contributed by atoms with E-state index in [1.165, 1.54) is 7.11 Å². The molecule has 0 saturated carbocycles. The van der Waals surface area contributed by atoms with E-state index in [-0.39, 0.29) is 31.2 Å². The van der Waals surface area contributed by atoms with Gasteiger partial charge in [0.2, 0.25) is 11.2 Å². The summed E-state index contributed by atoms with van der Waals surface area (Å²) in [5.41, 5.74) is 1.31. The zero-order chi connectivity index (χ0) is 24.8. The summed E-state index contributed by atoms with van der Waals surface area (Å²) in [6, 6.07) is 5.93. The Morgan fingerprint density at radius 3 is 2.59 bits per heavy atom. The monoisotopic (exact) mass is 473 g/mol. The standard InChI is InChI=1S/C24H27NO9/c1-5-31-22(28)10-17(24-23(29)19(27)9-16(11-26)33-24)15-6-7-20(21(8-15)30-4)32-12-18-13(2)25-34-14(18)3/h6-9,17,26,29H,5,10-12H2,1-4H3. The first-order valence-electron chi connectivity index (χ1n) is 10.6. The highest BCUT2D eigenvalue weighted by Gasteiger charge is 2.28. The Bertz CT molecular complexity index is 1190. The van der Waals surface area contributed by atoms with E-state index in [1.54, 1.807) is 32.0 Å². The third-order valence-electron chi connectivity index (χ3n) is 5.29. The lowest BCUT2D eigenvalue weighted by atomic mass is 9.91. The molecule has 3 aromatic rings. The Morgan fingerprint density at radius 1 is 1.21 bits per heavy atom. The number of benzene rings is 1. The minimum absolute atomic E-state index is 0.0435. The molecule has 2 aromatic heterocycles. The summed E-state index contributed by atoms with van der Waals surface area (Å²) in [7, 11) is 1.46. The van der Waals surface area contributed by atoms with Gasteiger partial charge in [0.1, 0.15) is 24.7 Å². The first-order valence-corrected chi connectivity index (χ1v) is 10.6. The van der Waals surface area contributed by atoms with E-state index < -0.39 is 29.7 Å². The molecule has 10 nitrogen and oxygen atoms in total. The van der Waals surface area contributed by atoms with Crippen molar-refractivity contribution in [2.75, 3.05) is 13.7 Å². The van der Waals surface area contributed by atoms with Crippen LogP contribution in [-0.2, 0) is 22.7 Å². The third-order valence-corrected chi connectivity index (χ3v) is 5.29. The Hall–Kier alpha value is -3.79. The van der Waals surface area contributed by atoms with Crippen LogP contribution in [0.1, 0.15) is 53.4 Å². The molecule has 0 amide bonds. The van der Waals surface area contributed by atoms with Gasteiger partial charge in [-0.25, -0.2) is 0 Å². The summed E-state index contributed by atoms with van der Waals surface area (Å²) >= 11 is 0.